The first-order valence-electron chi connectivity index (χ1n) is 6.69. The lowest BCUT2D eigenvalue weighted by Crippen LogP contribution is -2.26. The second kappa shape index (κ2) is 7.75. The van der Waals surface area contributed by atoms with Crippen molar-refractivity contribution in [3.63, 3.8) is 0 Å². The molecule has 1 saturated carbocycles. The molecule has 6 heteroatoms. The molecule has 0 radical (unpaired) electrons. The maximum Gasteiger partial charge on any atom is 0.223 e. The first kappa shape index (κ1) is 16.3. The number of hydrogen-bond donors (Lipinski definition) is 3. The Kier molecular flexibility index (Phi) is 6.31. The third-order valence-corrected chi connectivity index (χ3v) is 3.46. The number of halogens is 1. The van der Waals surface area contributed by atoms with Crippen molar-refractivity contribution in [3.05, 3.63) is 29.8 Å². The van der Waals surface area contributed by atoms with E-state index in [0.717, 1.165) is 5.69 Å². The Morgan fingerprint density at radius 3 is 2.10 bits per heavy atom. The van der Waals surface area contributed by atoms with Crippen molar-refractivity contribution in [2.45, 2.75) is 38.0 Å². The number of nitrogens with two attached hydrogens (primary N) is 3. The van der Waals surface area contributed by atoms with Crippen LogP contribution in [-0.4, -0.2) is 11.9 Å². The number of aliphatic imine (C=N–C) groups is 2. The van der Waals surface area contributed by atoms with E-state index in [2.05, 4.69) is 22.1 Å². The first-order chi connectivity index (χ1) is 9.15. The van der Waals surface area contributed by atoms with Crippen molar-refractivity contribution < 1.29 is 0 Å². The molecule has 0 aromatic heterocycles. The van der Waals surface area contributed by atoms with Gasteiger partial charge in [-0.05, 0) is 36.5 Å². The summed E-state index contributed by atoms with van der Waals surface area (Å²) >= 11 is 0. The Hall–Kier alpha value is -1.75. The van der Waals surface area contributed by atoms with Crippen LogP contribution in [0.3, 0.4) is 0 Å². The zero-order chi connectivity index (χ0) is 13.7. The van der Waals surface area contributed by atoms with Crippen LogP contribution in [-0.2, 0) is 0 Å². The average Bonchev–Trinajstić information content (AvgIpc) is 2.39. The highest BCUT2D eigenvalue weighted by atomic mass is 35.5. The van der Waals surface area contributed by atoms with Crippen LogP contribution < -0.4 is 17.2 Å². The maximum atomic E-state index is 5.59. The van der Waals surface area contributed by atoms with E-state index < -0.39 is 0 Å². The predicted molar refractivity (Wildman–Crippen MR) is 86.6 cm³/mol. The minimum atomic E-state index is -0.0833. The topological polar surface area (TPSA) is 103 Å². The molecule has 0 spiro atoms. The molecule has 0 aliphatic heterocycles. The lowest BCUT2D eigenvalue weighted by Gasteiger charge is -2.21. The minimum absolute atomic E-state index is 0. The SMILES string of the molecule is Cl.NC(N)=NC(N)=Nc1ccc(C2CCCCC2)cc1. The number of guanidine groups is 2. The van der Waals surface area contributed by atoms with Gasteiger partial charge in [0, 0.05) is 0 Å². The summed E-state index contributed by atoms with van der Waals surface area (Å²) in [6, 6.07) is 8.16. The zero-order valence-corrected chi connectivity index (χ0v) is 12.3. The van der Waals surface area contributed by atoms with Crippen LogP contribution in [0, 0.1) is 0 Å². The van der Waals surface area contributed by atoms with E-state index >= 15 is 0 Å². The molecular weight excluding hydrogens is 274 g/mol. The maximum absolute atomic E-state index is 5.59. The van der Waals surface area contributed by atoms with Crippen LogP contribution in [0.1, 0.15) is 43.6 Å². The summed E-state index contributed by atoms with van der Waals surface area (Å²) in [4.78, 5) is 7.82. The van der Waals surface area contributed by atoms with Crippen LogP contribution in [0.15, 0.2) is 34.3 Å². The lowest BCUT2D eigenvalue weighted by molar-refractivity contribution is 0.443. The molecule has 1 fully saturated rings. The van der Waals surface area contributed by atoms with E-state index in [1.54, 1.807) is 0 Å². The average molecular weight is 296 g/mol. The fourth-order valence-electron chi connectivity index (χ4n) is 2.55. The lowest BCUT2D eigenvalue weighted by atomic mass is 9.84. The summed E-state index contributed by atoms with van der Waals surface area (Å²) in [6.45, 7) is 0. The normalized spacial score (nSPS) is 16.3. The van der Waals surface area contributed by atoms with E-state index in [-0.39, 0.29) is 24.3 Å². The smallest absolute Gasteiger partial charge is 0.223 e. The summed E-state index contributed by atoms with van der Waals surface area (Å²) in [5.41, 5.74) is 18.2. The largest absolute Gasteiger partial charge is 0.370 e. The second-order valence-corrected chi connectivity index (χ2v) is 4.93. The molecule has 0 unspecified atom stereocenters. The quantitative estimate of drug-likeness (QED) is 0.576. The van der Waals surface area contributed by atoms with Crippen molar-refractivity contribution in [2.24, 2.45) is 27.2 Å². The summed E-state index contributed by atoms with van der Waals surface area (Å²) in [5.74, 6) is 0.687. The fraction of sp³-hybridized carbons (Fsp3) is 0.429. The van der Waals surface area contributed by atoms with Crippen molar-refractivity contribution in [1.82, 2.24) is 0 Å². The van der Waals surface area contributed by atoms with Gasteiger partial charge in [0.2, 0.25) is 5.96 Å². The fourth-order valence-corrected chi connectivity index (χ4v) is 2.55. The molecule has 0 bridgehead atoms. The highest BCUT2D eigenvalue weighted by Crippen LogP contribution is 2.33. The first-order valence-corrected chi connectivity index (χ1v) is 6.69. The Balaban J connectivity index is 0.00000200. The van der Waals surface area contributed by atoms with E-state index in [9.17, 15) is 0 Å². The Morgan fingerprint density at radius 2 is 1.55 bits per heavy atom. The monoisotopic (exact) mass is 295 g/mol. The van der Waals surface area contributed by atoms with Gasteiger partial charge in [-0.25, -0.2) is 4.99 Å². The van der Waals surface area contributed by atoms with Crippen molar-refractivity contribution in [1.29, 1.82) is 0 Å². The Morgan fingerprint density at radius 1 is 0.950 bits per heavy atom. The molecule has 1 aromatic rings. The Labute approximate surface area is 125 Å². The van der Waals surface area contributed by atoms with Crippen molar-refractivity contribution in [3.8, 4) is 0 Å². The summed E-state index contributed by atoms with van der Waals surface area (Å²) in [7, 11) is 0. The van der Waals surface area contributed by atoms with Crippen LogP contribution in [0.4, 0.5) is 5.69 Å². The van der Waals surface area contributed by atoms with E-state index in [1.165, 1.54) is 37.7 Å². The summed E-state index contributed by atoms with van der Waals surface area (Å²) < 4.78 is 0. The molecule has 6 N–H and O–H groups in total. The molecule has 1 aromatic carbocycles. The molecule has 20 heavy (non-hydrogen) atoms. The highest BCUT2D eigenvalue weighted by molar-refractivity contribution is 5.93. The minimum Gasteiger partial charge on any atom is -0.370 e. The molecule has 5 nitrogen and oxygen atoms in total. The van der Waals surface area contributed by atoms with Crippen molar-refractivity contribution >= 4 is 30.0 Å². The molecule has 0 saturated heterocycles. The predicted octanol–water partition coefficient (Wildman–Crippen LogP) is 2.38. The van der Waals surface area contributed by atoms with E-state index in [4.69, 9.17) is 17.2 Å². The van der Waals surface area contributed by atoms with Gasteiger partial charge in [0.1, 0.15) is 0 Å². The third kappa shape index (κ3) is 4.74. The van der Waals surface area contributed by atoms with Gasteiger partial charge in [-0.3, -0.25) is 0 Å². The van der Waals surface area contributed by atoms with Gasteiger partial charge in [-0.1, -0.05) is 31.4 Å². The Bertz CT molecular complexity index is 471. The summed E-state index contributed by atoms with van der Waals surface area (Å²) in [6.07, 6.45) is 6.62. The van der Waals surface area contributed by atoms with Crippen LogP contribution in [0.2, 0.25) is 0 Å². The standard InChI is InChI=1S/C14H21N5.ClH/c15-13(16)19-14(17)18-12-8-6-11(7-9-12)10-4-2-1-3-5-10;/h6-10H,1-5H2,(H6,15,16,17,18,19);1H. The molecule has 2 rings (SSSR count). The van der Waals surface area contributed by atoms with E-state index in [0.29, 0.717) is 5.92 Å². The van der Waals surface area contributed by atoms with Gasteiger partial charge in [-0.2, -0.15) is 4.99 Å². The van der Waals surface area contributed by atoms with Gasteiger partial charge in [-0.15, -0.1) is 12.4 Å². The van der Waals surface area contributed by atoms with Gasteiger partial charge in [0.25, 0.3) is 0 Å². The number of rotatable bonds is 2. The number of nitrogens with zero attached hydrogens (tertiary/aromatic N) is 2. The van der Waals surface area contributed by atoms with Gasteiger partial charge < -0.3 is 17.2 Å². The van der Waals surface area contributed by atoms with Crippen molar-refractivity contribution in [2.75, 3.05) is 0 Å². The van der Waals surface area contributed by atoms with Crippen LogP contribution in [0.25, 0.3) is 0 Å². The molecule has 0 atom stereocenters. The van der Waals surface area contributed by atoms with E-state index in [1.807, 2.05) is 12.1 Å². The highest BCUT2D eigenvalue weighted by Gasteiger charge is 2.14. The number of benzene rings is 1. The molecule has 0 amide bonds. The molecule has 1 aliphatic rings. The van der Waals surface area contributed by atoms with Crippen LogP contribution >= 0.6 is 12.4 Å². The molecule has 0 heterocycles. The van der Waals surface area contributed by atoms with Crippen LogP contribution in [0.5, 0.6) is 0 Å². The molecule has 1 aliphatic carbocycles. The van der Waals surface area contributed by atoms with Gasteiger partial charge in [0.05, 0.1) is 5.69 Å². The molecular formula is C14H22ClN5. The third-order valence-electron chi connectivity index (χ3n) is 3.46. The second-order valence-electron chi connectivity index (χ2n) is 4.93. The molecule has 110 valence electrons. The van der Waals surface area contributed by atoms with Gasteiger partial charge >= 0.3 is 0 Å². The zero-order valence-electron chi connectivity index (χ0n) is 11.5. The number of hydrogen-bond acceptors (Lipinski definition) is 1. The summed E-state index contributed by atoms with van der Waals surface area (Å²) in [5, 5.41) is 0. The van der Waals surface area contributed by atoms with Gasteiger partial charge in [0.15, 0.2) is 5.96 Å².